The Labute approximate surface area is 118 Å². The lowest BCUT2D eigenvalue weighted by atomic mass is 9.95. The van der Waals surface area contributed by atoms with E-state index in [0.717, 1.165) is 41.3 Å². The molecule has 0 saturated carbocycles. The molecule has 104 valence electrons. The van der Waals surface area contributed by atoms with Crippen LogP contribution in [0.4, 0.5) is 0 Å². The Bertz CT molecular complexity index is 642. The van der Waals surface area contributed by atoms with Gasteiger partial charge in [-0.25, -0.2) is 5.43 Å². The minimum atomic E-state index is -0.141. The molecule has 5 nitrogen and oxygen atoms in total. The third-order valence-corrected chi connectivity index (χ3v) is 3.67. The van der Waals surface area contributed by atoms with Crippen LogP contribution in [0.15, 0.2) is 24.3 Å². The zero-order valence-corrected chi connectivity index (χ0v) is 11.7. The van der Waals surface area contributed by atoms with E-state index in [4.69, 9.17) is 10.6 Å². The van der Waals surface area contributed by atoms with E-state index in [-0.39, 0.29) is 6.04 Å². The lowest BCUT2D eigenvalue weighted by molar-refractivity contribution is 0.350. The molecule has 0 aliphatic carbocycles. The fourth-order valence-electron chi connectivity index (χ4n) is 2.68. The molecule has 0 bridgehead atoms. The molecule has 1 aromatic heterocycles. The summed E-state index contributed by atoms with van der Waals surface area (Å²) in [6.45, 7) is 4.60. The maximum atomic E-state index is 5.80. The Hall–Kier alpha value is -1.98. The van der Waals surface area contributed by atoms with E-state index in [1.165, 1.54) is 5.56 Å². The van der Waals surface area contributed by atoms with Gasteiger partial charge in [0, 0.05) is 12.0 Å². The van der Waals surface area contributed by atoms with Gasteiger partial charge in [-0.05, 0) is 31.0 Å². The third-order valence-electron chi connectivity index (χ3n) is 3.67. The van der Waals surface area contributed by atoms with Crippen molar-refractivity contribution in [2.75, 3.05) is 6.61 Å². The highest BCUT2D eigenvalue weighted by Gasteiger charge is 2.24. The van der Waals surface area contributed by atoms with Crippen LogP contribution in [-0.2, 0) is 6.42 Å². The maximum Gasteiger partial charge on any atom is 0.127 e. The van der Waals surface area contributed by atoms with E-state index in [0.29, 0.717) is 0 Å². The second-order valence-electron chi connectivity index (χ2n) is 5.06. The molecule has 1 unspecified atom stereocenters. The van der Waals surface area contributed by atoms with Crippen LogP contribution in [0.1, 0.15) is 34.1 Å². The van der Waals surface area contributed by atoms with Gasteiger partial charge in [0.2, 0.25) is 0 Å². The molecule has 0 amide bonds. The second-order valence-corrected chi connectivity index (χ2v) is 5.06. The largest absolute Gasteiger partial charge is 0.493 e. The first-order valence-corrected chi connectivity index (χ1v) is 6.72. The van der Waals surface area contributed by atoms with Gasteiger partial charge in [0.25, 0.3) is 0 Å². The average molecular weight is 270 g/mol. The highest BCUT2D eigenvalue weighted by molar-refractivity contribution is 5.49. The summed E-state index contributed by atoms with van der Waals surface area (Å²) in [5.74, 6) is 6.74. The van der Waals surface area contributed by atoms with E-state index < -0.39 is 0 Å². The normalized spacial score (nSPS) is 14.8. The van der Waals surface area contributed by atoms with E-state index in [2.05, 4.69) is 21.7 Å². The number of para-hydroxylation sites is 1. The number of benzene rings is 1. The van der Waals surface area contributed by atoms with Crippen LogP contribution in [0.5, 0.6) is 5.75 Å². The Morgan fingerprint density at radius 2 is 2.10 bits per heavy atom. The number of nitrogens with zero attached hydrogens (tertiary/aromatic N) is 2. The Balaban J connectivity index is 2.11. The number of hydrazine groups is 1. The lowest BCUT2D eigenvalue weighted by Crippen LogP contribution is -2.30. The van der Waals surface area contributed by atoms with Gasteiger partial charge in [-0.1, -0.05) is 18.2 Å². The van der Waals surface area contributed by atoms with Crippen LogP contribution in [-0.4, -0.2) is 16.8 Å². The molecule has 0 fully saturated rings. The van der Waals surface area contributed by atoms with Crippen LogP contribution in [0.2, 0.25) is 0 Å². The van der Waals surface area contributed by atoms with E-state index in [1.54, 1.807) is 0 Å². The summed E-state index contributed by atoms with van der Waals surface area (Å²) in [5.41, 5.74) is 7.95. The van der Waals surface area contributed by atoms with Crippen molar-refractivity contribution in [3.63, 3.8) is 0 Å². The number of hydrogen-bond acceptors (Lipinski definition) is 5. The summed E-state index contributed by atoms with van der Waals surface area (Å²) in [6.07, 6.45) is 0.951. The zero-order valence-electron chi connectivity index (χ0n) is 11.7. The molecule has 1 atom stereocenters. The van der Waals surface area contributed by atoms with Crippen molar-refractivity contribution in [3.8, 4) is 5.75 Å². The summed E-state index contributed by atoms with van der Waals surface area (Å²) in [6, 6.07) is 8.06. The first-order chi connectivity index (χ1) is 9.70. The Morgan fingerprint density at radius 3 is 2.90 bits per heavy atom. The SMILES string of the molecule is Cc1cc(C(NN)c2cccc3c2OCC3)c(C)nn1. The van der Waals surface area contributed by atoms with Crippen molar-refractivity contribution in [1.82, 2.24) is 15.6 Å². The van der Waals surface area contributed by atoms with E-state index in [1.807, 2.05) is 32.0 Å². The molecule has 1 aromatic carbocycles. The minimum absolute atomic E-state index is 0.141. The molecule has 3 N–H and O–H groups in total. The van der Waals surface area contributed by atoms with Gasteiger partial charge in [0.1, 0.15) is 5.75 Å². The van der Waals surface area contributed by atoms with Crippen LogP contribution in [0.3, 0.4) is 0 Å². The van der Waals surface area contributed by atoms with Crippen LogP contribution >= 0.6 is 0 Å². The lowest BCUT2D eigenvalue weighted by Gasteiger charge is -2.20. The molecule has 1 aliphatic rings. The standard InChI is InChI=1S/C15H18N4O/c1-9-8-13(10(2)19-18-9)14(17-16)12-5-3-4-11-6-7-20-15(11)12/h3-5,8,14,17H,6-7,16H2,1-2H3. The number of aryl methyl sites for hydroxylation is 2. The van der Waals surface area contributed by atoms with Gasteiger partial charge in [-0.2, -0.15) is 10.2 Å². The fourth-order valence-corrected chi connectivity index (χ4v) is 2.68. The molecule has 5 heteroatoms. The van der Waals surface area contributed by atoms with E-state index in [9.17, 15) is 0 Å². The average Bonchev–Trinajstić information content (AvgIpc) is 2.92. The van der Waals surface area contributed by atoms with Gasteiger partial charge in [0.15, 0.2) is 0 Å². The van der Waals surface area contributed by atoms with Gasteiger partial charge >= 0.3 is 0 Å². The maximum absolute atomic E-state index is 5.80. The molecule has 2 heterocycles. The zero-order chi connectivity index (χ0) is 14.1. The monoisotopic (exact) mass is 270 g/mol. The fraction of sp³-hybridized carbons (Fsp3) is 0.333. The molecule has 3 rings (SSSR count). The second kappa shape index (κ2) is 5.19. The summed E-state index contributed by atoms with van der Waals surface area (Å²) >= 11 is 0. The molecule has 1 aliphatic heterocycles. The molecule has 20 heavy (non-hydrogen) atoms. The summed E-state index contributed by atoms with van der Waals surface area (Å²) < 4.78 is 5.77. The van der Waals surface area contributed by atoms with Crippen molar-refractivity contribution in [2.24, 2.45) is 5.84 Å². The minimum Gasteiger partial charge on any atom is -0.493 e. The van der Waals surface area contributed by atoms with Crippen LogP contribution < -0.4 is 16.0 Å². The highest BCUT2D eigenvalue weighted by Crippen LogP contribution is 2.36. The number of ether oxygens (including phenoxy) is 1. The van der Waals surface area contributed by atoms with Gasteiger partial charge in [-0.3, -0.25) is 5.84 Å². The summed E-state index contributed by atoms with van der Waals surface area (Å²) in [5, 5.41) is 8.25. The summed E-state index contributed by atoms with van der Waals surface area (Å²) in [4.78, 5) is 0. The molecule has 0 spiro atoms. The third kappa shape index (κ3) is 2.15. The predicted molar refractivity (Wildman–Crippen MR) is 76.3 cm³/mol. The number of rotatable bonds is 3. The topological polar surface area (TPSA) is 73.1 Å². The first kappa shape index (κ1) is 13.0. The molecular formula is C15H18N4O. The first-order valence-electron chi connectivity index (χ1n) is 6.72. The van der Waals surface area contributed by atoms with Crippen molar-refractivity contribution in [3.05, 3.63) is 52.3 Å². The van der Waals surface area contributed by atoms with Crippen molar-refractivity contribution in [1.29, 1.82) is 0 Å². The smallest absolute Gasteiger partial charge is 0.127 e. The molecule has 2 aromatic rings. The van der Waals surface area contributed by atoms with Crippen LogP contribution in [0.25, 0.3) is 0 Å². The predicted octanol–water partition coefficient (Wildman–Crippen LogP) is 1.58. The quantitative estimate of drug-likeness (QED) is 0.654. The number of fused-ring (bicyclic) bond motifs is 1. The van der Waals surface area contributed by atoms with Crippen LogP contribution in [0, 0.1) is 13.8 Å². The number of nitrogens with one attached hydrogen (secondary N) is 1. The van der Waals surface area contributed by atoms with Gasteiger partial charge < -0.3 is 4.74 Å². The molecular weight excluding hydrogens is 252 g/mol. The van der Waals surface area contributed by atoms with Crippen molar-refractivity contribution < 1.29 is 4.74 Å². The van der Waals surface area contributed by atoms with Crippen molar-refractivity contribution >= 4 is 0 Å². The van der Waals surface area contributed by atoms with E-state index >= 15 is 0 Å². The van der Waals surface area contributed by atoms with Gasteiger partial charge in [0.05, 0.1) is 24.0 Å². The Kier molecular flexibility index (Phi) is 3.38. The summed E-state index contributed by atoms with van der Waals surface area (Å²) in [7, 11) is 0. The van der Waals surface area contributed by atoms with Crippen molar-refractivity contribution in [2.45, 2.75) is 26.3 Å². The number of hydrogen-bond donors (Lipinski definition) is 2. The van der Waals surface area contributed by atoms with Gasteiger partial charge in [-0.15, -0.1) is 0 Å². The molecule has 0 saturated heterocycles. The Morgan fingerprint density at radius 1 is 1.25 bits per heavy atom. The number of nitrogens with two attached hydrogens (primary N) is 1. The number of aromatic nitrogens is 2. The molecule has 0 radical (unpaired) electrons. The highest BCUT2D eigenvalue weighted by atomic mass is 16.5.